The Bertz CT molecular complexity index is 675. The lowest BCUT2D eigenvalue weighted by Gasteiger charge is -2.27. The summed E-state index contributed by atoms with van der Waals surface area (Å²) in [5.41, 5.74) is -1.66. The minimum atomic E-state index is -0.595. The molecule has 0 aliphatic carbocycles. The number of alkyl carbamates (subject to hydrolysis) is 2. The molecule has 3 amide bonds. The van der Waals surface area contributed by atoms with E-state index in [4.69, 9.17) is 14.2 Å². The summed E-state index contributed by atoms with van der Waals surface area (Å²) in [5.74, 6) is 0. The molecule has 0 aromatic carbocycles. The number of ether oxygens (including phenoxy) is 3. The summed E-state index contributed by atoms with van der Waals surface area (Å²) in [5, 5.41) is 8.67. The van der Waals surface area contributed by atoms with Gasteiger partial charge in [0.05, 0.1) is 0 Å². The lowest BCUT2D eigenvalue weighted by molar-refractivity contribution is 0.0269. The van der Waals surface area contributed by atoms with Crippen LogP contribution in [0.4, 0.5) is 14.4 Å². The lowest BCUT2D eigenvalue weighted by atomic mass is 10.2. The second kappa shape index (κ2) is 15.5. The first kappa shape index (κ1) is 32.5. The third-order valence-electron chi connectivity index (χ3n) is 3.88. The van der Waals surface area contributed by atoms with Crippen LogP contribution in [0.1, 0.15) is 75.2 Å². The van der Waals surface area contributed by atoms with E-state index in [0.29, 0.717) is 39.1 Å². The monoisotopic (exact) mass is 500 g/mol. The molecule has 0 aromatic rings. The quantitative estimate of drug-likeness (QED) is 0.209. The van der Waals surface area contributed by atoms with Crippen molar-refractivity contribution in [2.45, 2.75) is 92.0 Å². The van der Waals surface area contributed by atoms with Gasteiger partial charge in [0.15, 0.2) is 0 Å². The molecular weight excluding hydrogens is 452 g/mol. The molecule has 0 bridgehead atoms. The minimum Gasteiger partial charge on any atom is -0.444 e. The summed E-state index contributed by atoms with van der Waals surface area (Å²) >= 11 is 0. The Kier molecular flexibility index (Phi) is 14.4. The van der Waals surface area contributed by atoms with E-state index in [9.17, 15) is 14.4 Å². The zero-order chi connectivity index (χ0) is 27.1. The number of hydrogen-bond donors (Lipinski definition) is 3. The highest BCUT2D eigenvalue weighted by atomic mass is 16.6. The molecule has 0 heterocycles. The van der Waals surface area contributed by atoms with Crippen molar-refractivity contribution in [2.24, 2.45) is 0 Å². The second-order valence-corrected chi connectivity index (χ2v) is 11.2. The van der Waals surface area contributed by atoms with Gasteiger partial charge in [-0.2, -0.15) is 0 Å². The number of carbonyl (C=O) groups excluding carboxylic acids is 3. The van der Waals surface area contributed by atoms with E-state index in [-0.39, 0.29) is 0 Å². The van der Waals surface area contributed by atoms with Gasteiger partial charge in [-0.25, -0.2) is 14.4 Å². The zero-order valence-corrected chi connectivity index (χ0v) is 23.2. The molecule has 10 nitrogen and oxygen atoms in total. The van der Waals surface area contributed by atoms with Gasteiger partial charge in [0, 0.05) is 32.7 Å². The summed E-state index contributed by atoms with van der Waals surface area (Å²) < 4.78 is 15.9. The Balaban J connectivity index is 4.34. The van der Waals surface area contributed by atoms with Crippen molar-refractivity contribution in [1.82, 2.24) is 20.9 Å². The molecule has 3 N–H and O–H groups in total. The third-order valence-corrected chi connectivity index (χ3v) is 3.88. The van der Waals surface area contributed by atoms with Crippen LogP contribution in [-0.4, -0.2) is 79.3 Å². The molecule has 204 valence electrons. The molecule has 0 aliphatic rings. The van der Waals surface area contributed by atoms with E-state index < -0.39 is 35.1 Å². The van der Waals surface area contributed by atoms with Gasteiger partial charge < -0.3 is 35.1 Å². The molecule has 10 heteroatoms. The largest absolute Gasteiger partial charge is 0.444 e. The highest BCUT2D eigenvalue weighted by molar-refractivity contribution is 5.69. The Morgan fingerprint density at radius 3 is 1.66 bits per heavy atom. The second-order valence-electron chi connectivity index (χ2n) is 11.2. The summed E-state index contributed by atoms with van der Waals surface area (Å²) in [4.78, 5) is 37.5. The molecule has 0 unspecified atom stereocenters. The zero-order valence-electron chi connectivity index (χ0n) is 23.2. The summed E-state index contributed by atoms with van der Waals surface area (Å²) in [6, 6.07) is 0. The summed E-state index contributed by atoms with van der Waals surface area (Å²) in [7, 11) is 0. The Morgan fingerprint density at radius 2 is 1.17 bits per heavy atom. The van der Waals surface area contributed by atoms with Gasteiger partial charge in [0.25, 0.3) is 0 Å². The van der Waals surface area contributed by atoms with Crippen molar-refractivity contribution in [3.63, 3.8) is 0 Å². The highest BCUT2D eigenvalue weighted by Crippen LogP contribution is 2.11. The van der Waals surface area contributed by atoms with E-state index in [0.717, 1.165) is 13.0 Å². The number of hydrogen-bond acceptors (Lipinski definition) is 7. The fourth-order valence-electron chi connectivity index (χ4n) is 2.55. The number of amides is 3. The van der Waals surface area contributed by atoms with Crippen LogP contribution >= 0.6 is 0 Å². The molecule has 0 spiro atoms. The van der Waals surface area contributed by atoms with Crippen LogP contribution in [-0.2, 0) is 14.2 Å². The van der Waals surface area contributed by atoms with Crippen molar-refractivity contribution >= 4 is 18.3 Å². The lowest BCUT2D eigenvalue weighted by Crippen LogP contribution is -2.39. The van der Waals surface area contributed by atoms with Gasteiger partial charge in [-0.05, 0) is 81.7 Å². The molecular formula is C25H48N4O6. The molecule has 0 fully saturated rings. The molecule has 35 heavy (non-hydrogen) atoms. The van der Waals surface area contributed by atoms with Crippen LogP contribution in [0, 0.1) is 0 Å². The van der Waals surface area contributed by atoms with Crippen molar-refractivity contribution < 1.29 is 28.6 Å². The number of rotatable bonds is 12. The molecule has 0 aromatic heterocycles. The van der Waals surface area contributed by atoms with Crippen LogP contribution in [0.25, 0.3) is 0 Å². The maximum absolute atomic E-state index is 12.6. The van der Waals surface area contributed by atoms with E-state index in [2.05, 4.69) is 16.0 Å². The van der Waals surface area contributed by atoms with E-state index in [1.807, 2.05) is 53.7 Å². The number of carbonyl (C=O) groups is 3. The topological polar surface area (TPSA) is 118 Å². The van der Waals surface area contributed by atoms with Crippen LogP contribution in [0.3, 0.4) is 0 Å². The predicted molar refractivity (Wildman–Crippen MR) is 138 cm³/mol. The van der Waals surface area contributed by atoms with Gasteiger partial charge in [-0.15, -0.1) is 0 Å². The normalized spacial score (nSPS) is 12.3. The molecule has 0 rings (SSSR count). The summed E-state index contributed by atoms with van der Waals surface area (Å²) in [6.45, 7) is 19.5. The van der Waals surface area contributed by atoms with Gasteiger partial charge in [0.2, 0.25) is 0 Å². The number of nitrogens with zero attached hydrogens (tertiary/aromatic N) is 1. The van der Waals surface area contributed by atoms with Crippen LogP contribution in [0.15, 0.2) is 12.2 Å². The third kappa shape index (κ3) is 21.8. The minimum absolute atomic E-state index is 0.386. The van der Waals surface area contributed by atoms with Crippen molar-refractivity contribution in [2.75, 3.05) is 39.3 Å². The van der Waals surface area contributed by atoms with E-state index >= 15 is 0 Å². The average molecular weight is 501 g/mol. The van der Waals surface area contributed by atoms with E-state index in [1.165, 1.54) is 0 Å². The smallest absolute Gasteiger partial charge is 0.410 e. The van der Waals surface area contributed by atoms with Crippen molar-refractivity contribution in [3.8, 4) is 0 Å². The molecule has 0 aliphatic heterocycles. The molecule has 0 radical (unpaired) electrons. The maximum atomic E-state index is 12.6. The Labute approximate surface area is 211 Å². The van der Waals surface area contributed by atoms with Crippen molar-refractivity contribution in [1.29, 1.82) is 0 Å². The number of nitrogens with one attached hydrogen (secondary N) is 3. The Hall–Kier alpha value is -2.49. The van der Waals surface area contributed by atoms with Crippen molar-refractivity contribution in [3.05, 3.63) is 12.2 Å². The first-order valence-electron chi connectivity index (χ1n) is 12.3. The average Bonchev–Trinajstić information content (AvgIpc) is 2.63. The van der Waals surface area contributed by atoms with Crippen LogP contribution in [0.2, 0.25) is 0 Å². The highest BCUT2D eigenvalue weighted by Gasteiger charge is 2.21. The fourth-order valence-corrected chi connectivity index (χ4v) is 2.55. The SMILES string of the molecule is CC(C)(C)OC(=O)NCCCNCC=CCN(CCCNC(=O)OC(C)(C)C)C(=O)OC(C)(C)C. The molecule has 0 saturated carbocycles. The Morgan fingerprint density at radius 1 is 0.686 bits per heavy atom. The van der Waals surface area contributed by atoms with Gasteiger partial charge in [0.1, 0.15) is 16.8 Å². The predicted octanol–water partition coefficient (Wildman–Crippen LogP) is 4.20. The first-order chi connectivity index (χ1) is 16.0. The van der Waals surface area contributed by atoms with E-state index in [1.54, 1.807) is 25.7 Å². The molecule has 0 saturated heterocycles. The fraction of sp³-hybridized carbons (Fsp3) is 0.800. The van der Waals surface area contributed by atoms with Crippen LogP contribution < -0.4 is 16.0 Å². The summed E-state index contributed by atoms with van der Waals surface area (Å²) in [6.07, 6.45) is 3.88. The van der Waals surface area contributed by atoms with Crippen LogP contribution in [0.5, 0.6) is 0 Å². The van der Waals surface area contributed by atoms with Gasteiger partial charge in [-0.1, -0.05) is 12.2 Å². The van der Waals surface area contributed by atoms with Gasteiger partial charge >= 0.3 is 18.3 Å². The van der Waals surface area contributed by atoms with Gasteiger partial charge in [-0.3, -0.25) is 0 Å². The standard InChI is InChI=1S/C25H48N4O6/c1-23(2,3)33-20(30)27-16-12-15-26-14-10-11-18-29(22(32)35-25(7,8)9)19-13-17-28-21(31)34-24(4,5)6/h10-11,26H,12-19H2,1-9H3,(H,27,30)(H,28,31). The first-order valence-corrected chi connectivity index (χ1v) is 12.3. The maximum Gasteiger partial charge on any atom is 0.410 e. The molecule has 0 atom stereocenters.